The molecule has 1 aliphatic heterocycles. The maximum Gasteiger partial charge on any atom is 0.303 e. The number of esters is 1. The summed E-state index contributed by atoms with van der Waals surface area (Å²) in [5, 5.41) is 0. The minimum atomic E-state index is -1.48. The summed E-state index contributed by atoms with van der Waals surface area (Å²) in [7, 11) is 0. The van der Waals surface area contributed by atoms with Gasteiger partial charge in [-0.1, -0.05) is 26.7 Å². The first-order valence-corrected chi connectivity index (χ1v) is 10.7. The van der Waals surface area contributed by atoms with E-state index in [2.05, 4.69) is 4.98 Å². The van der Waals surface area contributed by atoms with E-state index in [9.17, 15) is 14.0 Å². The maximum absolute atomic E-state index is 14.5. The Morgan fingerprint density at radius 3 is 2.63 bits per heavy atom. The molecule has 1 aromatic rings. The Bertz CT molecular complexity index is 800. The number of alkyl halides is 1. The lowest BCUT2D eigenvalue weighted by Gasteiger charge is -2.32. The van der Waals surface area contributed by atoms with Crippen LogP contribution in [0.2, 0.25) is 0 Å². The molecule has 170 valence electrons. The van der Waals surface area contributed by atoms with Gasteiger partial charge in [-0.05, 0) is 25.1 Å². The van der Waals surface area contributed by atoms with Crippen LogP contribution in [0.1, 0.15) is 52.7 Å². The average Bonchev–Trinajstić information content (AvgIpc) is 2.99. The van der Waals surface area contributed by atoms with Crippen LogP contribution < -0.4 is 5.56 Å². The van der Waals surface area contributed by atoms with E-state index in [0.29, 0.717) is 13.2 Å². The van der Waals surface area contributed by atoms with E-state index in [1.165, 1.54) is 23.8 Å². The lowest BCUT2D eigenvalue weighted by molar-refractivity contribution is -0.161. The summed E-state index contributed by atoms with van der Waals surface area (Å²) >= 11 is 5.24. The maximum atomic E-state index is 14.5. The van der Waals surface area contributed by atoms with Gasteiger partial charge in [-0.25, -0.2) is 4.39 Å². The first kappa shape index (κ1) is 24.6. The Morgan fingerprint density at radius 2 is 2.03 bits per heavy atom. The first-order chi connectivity index (χ1) is 14.4. The van der Waals surface area contributed by atoms with Gasteiger partial charge in [-0.3, -0.25) is 19.1 Å². The highest BCUT2D eigenvalue weighted by atomic mass is 32.1. The van der Waals surface area contributed by atoms with Crippen LogP contribution in [-0.4, -0.2) is 59.8 Å². The van der Waals surface area contributed by atoms with E-state index in [-0.39, 0.29) is 16.9 Å². The SMILES string of the molecule is CCCCOC[C@@]1(CF)OC(n2ccc(=O)[nH]c2=S)[C@H](OC(C)=O)[C@@H]1OCCCC. The van der Waals surface area contributed by atoms with Gasteiger partial charge in [0.25, 0.3) is 5.56 Å². The van der Waals surface area contributed by atoms with E-state index < -0.39 is 36.7 Å². The average molecular weight is 447 g/mol. The van der Waals surface area contributed by atoms with Gasteiger partial charge in [0.1, 0.15) is 12.8 Å². The Hall–Kier alpha value is -1.62. The molecule has 1 aromatic heterocycles. The van der Waals surface area contributed by atoms with Gasteiger partial charge in [0.2, 0.25) is 0 Å². The quantitative estimate of drug-likeness (QED) is 0.300. The van der Waals surface area contributed by atoms with Crippen molar-refractivity contribution >= 4 is 18.2 Å². The molecule has 1 aliphatic rings. The predicted octanol–water partition coefficient (Wildman–Crippen LogP) is 3.08. The van der Waals surface area contributed by atoms with Gasteiger partial charge in [-0.2, -0.15) is 0 Å². The molecule has 8 nitrogen and oxygen atoms in total. The number of rotatable bonds is 12. The molecule has 2 heterocycles. The molecule has 1 saturated heterocycles. The molecule has 10 heteroatoms. The number of aromatic amines is 1. The van der Waals surface area contributed by atoms with E-state index in [0.717, 1.165) is 25.7 Å². The number of ether oxygens (including phenoxy) is 4. The zero-order chi connectivity index (χ0) is 22.1. The molecule has 4 atom stereocenters. The van der Waals surface area contributed by atoms with E-state index in [4.69, 9.17) is 31.2 Å². The molecule has 0 saturated carbocycles. The van der Waals surface area contributed by atoms with Crippen LogP contribution >= 0.6 is 12.2 Å². The molecule has 1 unspecified atom stereocenters. The summed E-state index contributed by atoms with van der Waals surface area (Å²) in [6.45, 7) is 5.14. The number of carbonyl (C=O) groups is 1. The zero-order valence-electron chi connectivity index (χ0n) is 17.7. The number of nitrogens with one attached hydrogen (secondary N) is 1. The van der Waals surface area contributed by atoms with Crippen LogP contribution in [0.25, 0.3) is 0 Å². The Balaban J connectivity index is 2.43. The normalized spacial score (nSPS) is 26.1. The highest BCUT2D eigenvalue weighted by Crippen LogP contribution is 2.41. The number of carbonyl (C=O) groups excluding carboxylic acids is 1. The third kappa shape index (κ3) is 5.96. The van der Waals surface area contributed by atoms with Crippen LogP contribution in [0.5, 0.6) is 0 Å². The second kappa shape index (κ2) is 11.7. The van der Waals surface area contributed by atoms with Gasteiger partial charge in [0, 0.05) is 32.4 Å². The number of H-pyrrole nitrogens is 1. The fraction of sp³-hybridized carbons (Fsp3) is 0.750. The van der Waals surface area contributed by atoms with Crippen molar-refractivity contribution in [2.75, 3.05) is 26.5 Å². The summed E-state index contributed by atoms with van der Waals surface area (Å²) in [5.74, 6) is -0.560. The number of hydrogen-bond donors (Lipinski definition) is 1. The molecule has 0 spiro atoms. The van der Waals surface area contributed by atoms with Crippen molar-refractivity contribution in [3.63, 3.8) is 0 Å². The van der Waals surface area contributed by atoms with Crippen molar-refractivity contribution < 1.29 is 28.1 Å². The molecule has 1 N–H and O–H groups in total. The van der Waals surface area contributed by atoms with Crippen LogP contribution in [-0.2, 0) is 23.7 Å². The Kier molecular flexibility index (Phi) is 9.60. The highest BCUT2D eigenvalue weighted by molar-refractivity contribution is 7.71. The van der Waals surface area contributed by atoms with Gasteiger partial charge < -0.3 is 18.9 Å². The second-order valence-corrected chi connectivity index (χ2v) is 7.74. The van der Waals surface area contributed by atoms with Crippen molar-refractivity contribution in [2.45, 2.75) is 70.5 Å². The number of hydrogen-bond acceptors (Lipinski definition) is 7. The smallest absolute Gasteiger partial charge is 0.303 e. The van der Waals surface area contributed by atoms with Crippen molar-refractivity contribution in [2.24, 2.45) is 0 Å². The summed E-state index contributed by atoms with van der Waals surface area (Å²) < 4.78 is 39.3. The summed E-state index contributed by atoms with van der Waals surface area (Å²) in [5.41, 5.74) is -1.86. The topological polar surface area (TPSA) is 91.8 Å². The molecule has 0 aromatic carbocycles. The molecular weight excluding hydrogens is 415 g/mol. The predicted molar refractivity (Wildman–Crippen MR) is 111 cm³/mol. The van der Waals surface area contributed by atoms with Gasteiger partial charge >= 0.3 is 5.97 Å². The number of aromatic nitrogens is 2. The van der Waals surface area contributed by atoms with Gasteiger partial charge in [0.15, 0.2) is 22.7 Å². The number of halogens is 1. The second-order valence-electron chi connectivity index (χ2n) is 7.35. The molecule has 2 rings (SSSR count). The largest absolute Gasteiger partial charge is 0.455 e. The minimum Gasteiger partial charge on any atom is -0.455 e. The Labute approximate surface area is 180 Å². The summed E-state index contributed by atoms with van der Waals surface area (Å²) in [6, 6.07) is 1.27. The van der Waals surface area contributed by atoms with E-state index >= 15 is 0 Å². The summed E-state index contributed by atoms with van der Waals surface area (Å²) in [6.07, 6.45) is 1.98. The number of unbranched alkanes of at least 4 members (excludes halogenated alkanes) is 2. The van der Waals surface area contributed by atoms with E-state index in [1.807, 2.05) is 13.8 Å². The fourth-order valence-corrected chi connectivity index (χ4v) is 3.60. The van der Waals surface area contributed by atoms with Crippen LogP contribution in [0, 0.1) is 4.77 Å². The van der Waals surface area contributed by atoms with Crippen molar-refractivity contribution in [3.8, 4) is 0 Å². The monoisotopic (exact) mass is 446 g/mol. The van der Waals surface area contributed by atoms with E-state index in [1.54, 1.807) is 0 Å². The van der Waals surface area contributed by atoms with Crippen molar-refractivity contribution in [1.29, 1.82) is 0 Å². The van der Waals surface area contributed by atoms with Crippen LogP contribution in [0.15, 0.2) is 17.1 Å². The van der Waals surface area contributed by atoms with Gasteiger partial charge in [0.05, 0.1) is 6.61 Å². The zero-order valence-corrected chi connectivity index (χ0v) is 18.5. The van der Waals surface area contributed by atoms with Crippen molar-refractivity contribution in [3.05, 3.63) is 27.4 Å². The van der Waals surface area contributed by atoms with Crippen LogP contribution in [0.3, 0.4) is 0 Å². The van der Waals surface area contributed by atoms with Crippen molar-refractivity contribution in [1.82, 2.24) is 9.55 Å². The molecule has 30 heavy (non-hydrogen) atoms. The standard InChI is InChI=1S/C20H31FN2O6S/c1-4-6-10-26-13-20(12-21)17(27-11-7-5-2)16(28-14(3)24)18(29-20)23-9-8-15(25)22-19(23)30/h8-9,16-18H,4-7,10-13H2,1-3H3,(H,22,25,30)/t16-,17+,18?,20-/m1/s1. The molecule has 0 radical (unpaired) electrons. The molecule has 0 aliphatic carbocycles. The van der Waals surface area contributed by atoms with Gasteiger partial charge in [-0.15, -0.1) is 0 Å². The molecular formula is C20H31FN2O6S. The fourth-order valence-electron chi connectivity index (χ4n) is 3.33. The minimum absolute atomic E-state index is 0.0643. The lowest BCUT2D eigenvalue weighted by atomic mass is 9.96. The molecule has 1 fully saturated rings. The first-order valence-electron chi connectivity index (χ1n) is 10.3. The molecule has 0 bridgehead atoms. The Morgan fingerprint density at radius 1 is 1.33 bits per heavy atom. The highest BCUT2D eigenvalue weighted by Gasteiger charge is 2.59. The third-order valence-electron chi connectivity index (χ3n) is 4.89. The number of nitrogens with zero attached hydrogens (tertiary/aromatic N) is 1. The summed E-state index contributed by atoms with van der Waals surface area (Å²) in [4.78, 5) is 25.9. The molecule has 0 amide bonds. The lowest BCUT2D eigenvalue weighted by Crippen LogP contribution is -2.51. The third-order valence-corrected chi connectivity index (χ3v) is 5.20. The van der Waals surface area contributed by atoms with Crippen LogP contribution in [0.4, 0.5) is 4.39 Å².